The number of hydrogen-bond acceptors (Lipinski definition) is 3. The predicted octanol–water partition coefficient (Wildman–Crippen LogP) is 3.71. The maximum Gasteiger partial charge on any atom is 0.161 e. The van der Waals surface area contributed by atoms with Gasteiger partial charge in [-0.3, -0.25) is 4.79 Å². The SMILES string of the molecule is CCC1CCC(Nc2ccc(N)c(C(C)=O)c2)C1C. The van der Waals surface area contributed by atoms with Crippen LogP contribution in [-0.4, -0.2) is 11.8 Å². The fourth-order valence-electron chi connectivity index (χ4n) is 3.19. The van der Waals surface area contributed by atoms with Gasteiger partial charge in [0.1, 0.15) is 0 Å². The molecular weight excluding hydrogens is 236 g/mol. The molecule has 0 heterocycles. The van der Waals surface area contributed by atoms with Crippen molar-refractivity contribution >= 4 is 17.2 Å². The zero-order valence-corrected chi connectivity index (χ0v) is 12.1. The van der Waals surface area contributed by atoms with Crippen molar-refractivity contribution < 1.29 is 4.79 Å². The van der Waals surface area contributed by atoms with Crippen LogP contribution in [0, 0.1) is 11.8 Å². The highest BCUT2D eigenvalue weighted by atomic mass is 16.1. The third-order valence-corrected chi connectivity index (χ3v) is 4.54. The molecule has 19 heavy (non-hydrogen) atoms. The molecule has 0 amide bonds. The highest BCUT2D eigenvalue weighted by Gasteiger charge is 2.31. The molecule has 0 spiro atoms. The Kier molecular flexibility index (Phi) is 4.13. The van der Waals surface area contributed by atoms with Gasteiger partial charge in [0.05, 0.1) is 0 Å². The molecule has 3 N–H and O–H groups in total. The highest BCUT2D eigenvalue weighted by molar-refractivity contribution is 6.00. The lowest BCUT2D eigenvalue weighted by Gasteiger charge is -2.22. The average molecular weight is 260 g/mol. The number of carbonyl (C=O) groups excluding carboxylic acids is 1. The molecule has 0 saturated heterocycles. The van der Waals surface area contributed by atoms with Gasteiger partial charge in [-0.15, -0.1) is 0 Å². The number of Topliss-reactive ketones (excluding diaryl/α,β-unsaturated/α-hetero) is 1. The van der Waals surface area contributed by atoms with Crippen molar-refractivity contribution in [1.29, 1.82) is 0 Å². The van der Waals surface area contributed by atoms with E-state index in [1.54, 1.807) is 6.92 Å². The van der Waals surface area contributed by atoms with E-state index in [-0.39, 0.29) is 5.78 Å². The lowest BCUT2D eigenvalue weighted by Crippen LogP contribution is -2.24. The van der Waals surface area contributed by atoms with Crippen LogP contribution in [0.25, 0.3) is 0 Å². The van der Waals surface area contributed by atoms with Gasteiger partial charge in [0, 0.05) is 23.0 Å². The summed E-state index contributed by atoms with van der Waals surface area (Å²) in [5, 5.41) is 3.57. The number of rotatable bonds is 4. The zero-order valence-electron chi connectivity index (χ0n) is 12.1. The van der Waals surface area contributed by atoms with Gasteiger partial charge in [0.15, 0.2) is 5.78 Å². The van der Waals surface area contributed by atoms with Crippen LogP contribution in [0.5, 0.6) is 0 Å². The molecule has 3 atom stereocenters. The van der Waals surface area contributed by atoms with E-state index < -0.39 is 0 Å². The molecule has 0 bridgehead atoms. The molecular formula is C16H24N2O. The topological polar surface area (TPSA) is 55.1 Å². The molecule has 104 valence electrons. The monoisotopic (exact) mass is 260 g/mol. The zero-order chi connectivity index (χ0) is 14.0. The fraction of sp³-hybridized carbons (Fsp3) is 0.562. The van der Waals surface area contributed by atoms with Crippen molar-refractivity contribution in [3.8, 4) is 0 Å². The van der Waals surface area contributed by atoms with E-state index in [1.165, 1.54) is 19.3 Å². The summed E-state index contributed by atoms with van der Waals surface area (Å²) in [5.41, 5.74) is 8.00. The molecule has 1 aromatic rings. The summed E-state index contributed by atoms with van der Waals surface area (Å²) in [6.45, 7) is 6.14. The Hall–Kier alpha value is -1.51. The summed E-state index contributed by atoms with van der Waals surface area (Å²) in [4.78, 5) is 11.5. The average Bonchev–Trinajstić information content (AvgIpc) is 2.72. The van der Waals surface area contributed by atoms with E-state index in [0.717, 1.165) is 11.6 Å². The minimum atomic E-state index is 0.0204. The molecule has 1 aliphatic rings. The van der Waals surface area contributed by atoms with Crippen molar-refractivity contribution in [3.05, 3.63) is 23.8 Å². The number of carbonyl (C=O) groups is 1. The first kappa shape index (κ1) is 13.9. The molecule has 3 nitrogen and oxygen atoms in total. The van der Waals surface area contributed by atoms with Crippen LogP contribution in [-0.2, 0) is 0 Å². The van der Waals surface area contributed by atoms with E-state index in [1.807, 2.05) is 18.2 Å². The van der Waals surface area contributed by atoms with Crippen molar-refractivity contribution in [2.75, 3.05) is 11.1 Å². The number of nitrogens with one attached hydrogen (secondary N) is 1. The van der Waals surface area contributed by atoms with Crippen LogP contribution in [0.1, 0.15) is 50.4 Å². The highest BCUT2D eigenvalue weighted by Crippen LogP contribution is 2.35. The van der Waals surface area contributed by atoms with Gasteiger partial charge >= 0.3 is 0 Å². The van der Waals surface area contributed by atoms with Gasteiger partial charge in [-0.1, -0.05) is 20.3 Å². The summed E-state index contributed by atoms with van der Waals surface area (Å²) >= 11 is 0. The Labute approximate surface area is 115 Å². The van der Waals surface area contributed by atoms with Crippen LogP contribution in [0.15, 0.2) is 18.2 Å². The summed E-state index contributed by atoms with van der Waals surface area (Å²) in [6, 6.07) is 6.17. The second-order valence-corrected chi connectivity index (χ2v) is 5.71. The molecule has 0 radical (unpaired) electrons. The van der Waals surface area contributed by atoms with E-state index in [0.29, 0.717) is 23.2 Å². The number of nitrogen functional groups attached to an aromatic ring is 1. The van der Waals surface area contributed by atoms with E-state index >= 15 is 0 Å². The Morgan fingerprint density at radius 3 is 2.74 bits per heavy atom. The van der Waals surface area contributed by atoms with Crippen LogP contribution in [0.4, 0.5) is 11.4 Å². The summed E-state index contributed by atoms with van der Waals surface area (Å²) in [6.07, 6.45) is 3.75. The molecule has 0 aliphatic heterocycles. The summed E-state index contributed by atoms with van der Waals surface area (Å²) in [7, 11) is 0. The normalized spacial score (nSPS) is 26.4. The van der Waals surface area contributed by atoms with Crippen LogP contribution < -0.4 is 11.1 Å². The van der Waals surface area contributed by atoms with E-state index in [4.69, 9.17) is 5.73 Å². The molecule has 1 fully saturated rings. The lowest BCUT2D eigenvalue weighted by atomic mass is 9.93. The van der Waals surface area contributed by atoms with Gasteiger partial charge in [-0.25, -0.2) is 0 Å². The molecule has 2 rings (SSSR count). The fourth-order valence-corrected chi connectivity index (χ4v) is 3.19. The third kappa shape index (κ3) is 2.91. The number of nitrogens with two attached hydrogens (primary N) is 1. The van der Waals surface area contributed by atoms with Crippen molar-refractivity contribution in [1.82, 2.24) is 0 Å². The molecule has 1 saturated carbocycles. The Balaban J connectivity index is 2.12. The van der Waals surface area contributed by atoms with E-state index in [9.17, 15) is 4.79 Å². The smallest absolute Gasteiger partial charge is 0.161 e. The van der Waals surface area contributed by atoms with Gasteiger partial charge in [-0.2, -0.15) is 0 Å². The standard InChI is InChI=1S/C16H24N2O/c1-4-12-5-8-16(10(12)2)18-13-6-7-15(17)14(9-13)11(3)19/h6-7,9-10,12,16,18H,4-5,8,17H2,1-3H3. The van der Waals surface area contributed by atoms with Crippen molar-refractivity contribution in [2.24, 2.45) is 11.8 Å². The van der Waals surface area contributed by atoms with Gasteiger partial charge in [0.25, 0.3) is 0 Å². The number of benzene rings is 1. The minimum absolute atomic E-state index is 0.0204. The van der Waals surface area contributed by atoms with Gasteiger partial charge in [-0.05, 0) is 49.8 Å². The molecule has 1 aliphatic carbocycles. The van der Waals surface area contributed by atoms with Crippen molar-refractivity contribution in [3.63, 3.8) is 0 Å². The molecule has 3 heteroatoms. The van der Waals surface area contributed by atoms with Crippen molar-refractivity contribution in [2.45, 2.75) is 46.1 Å². The van der Waals surface area contributed by atoms with Crippen LogP contribution >= 0.6 is 0 Å². The molecule has 3 unspecified atom stereocenters. The number of ketones is 1. The second kappa shape index (κ2) is 5.64. The first-order valence-electron chi connectivity index (χ1n) is 7.20. The Morgan fingerprint density at radius 2 is 2.16 bits per heavy atom. The van der Waals surface area contributed by atoms with Gasteiger partial charge < -0.3 is 11.1 Å². The number of anilines is 2. The minimum Gasteiger partial charge on any atom is -0.398 e. The Bertz CT molecular complexity index is 470. The van der Waals surface area contributed by atoms with Crippen LogP contribution in [0.2, 0.25) is 0 Å². The third-order valence-electron chi connectivity index (χ3n) is 4.54. The van der Waals surface area contributed by atoms with Crippen LogP contribution in [0.3, 0.4) is 0 Å². The second-order valence-electron chi connectivity index (χ2n) is 5.71. The van der Waals surface area contributed by atoms with Gasteiger partial charge in [0.2, 0.25) is 0 Å². The first-order chi connectivity index (χ1) is 9.02. The molecule has 0 aromatic heterocycles. The molecule has 1 aromatic carbocycles. The lowest BCUT2D eigenvalue weighted by molar-refractivity contribution is 0.101. The largest absolute Gasteiger partial charge is 0.398 e. The Morgan fingerprint density at radius 1 is 1.42 bits per heavy atom. The predicted molar refractivity (Wildman–Crippen MR) is 80.4 cm³/mol. The van der Waals surface area contributed by atoms with E-state index in [2.05, 4.69) is 19.2 Å². The number of hydrogen-bond donors (Lipinski definition) is 2. The first-order valence-corrected chi connectivity index (χ1v) is 7.20. The maximum atomic E-state index is 11.5. The summed E-state index contributed by atoms with van der Waals surface area (Å²) in [5.74, 6) is 1.52. The quantitative estimate of drug-likeness (QED) is 0.641. The maximum absolute atomic E-state index is 11.5. The summed E-state index contributed by atoms with van der Waals surface area (Å²) < 4.78 is 0.